The van der Waals surface area contributed by atoms with Crippen LogP contribution in [0.2, 0.25) is 0 Å². The molecule has 4 nitrogen and oxygen atoms in total. The number of unbranched alkanes of at least 4 members (excludes halogenated alkanes) is 1. The molecule has 25 heavy (non-hydrogen) atoms. The monoisotopic (exact) mass is 361 g/mol. The van der Waals surface area contributed by atoms with Gasteiger partial charge in [0.25, 0.3) is 0 Å². The SMILES string of the molecule is CCCCN1CCC(CC2CC(=O)c3cccc(C(=O)O)c3S2)CC1. The minimum absolute atomic E-state index is 0.0993. The Morgan fingerprint density at radius 2 is 2.08 bits per heavy atom. The molecule has 0 aliphatic carbocycles. The number of nitrogens with zero attached hydrogens (tertiary/aromatic N) is 1. The number of carboxylic acids is 1. The van der Waals surface area contributed by atoms with Crippen LogP contribution in [0, 0.1) is 5.92 Å². The molecule has 1 fully saturated rings. The molecule has 5 heteroatoms. The van der Waals surface area contributed by atoms with E-state index in [1.807, 2.05) is 0 Å². The zero-order chi connectivity index (χ0) is 17.8. The van der Waals surface area contributed by atoms with E-state index in [0.29, 0.717) is 22.8 Å². The van der Waals surface area contributed by atoms with E-state index in [1.165, 1.54) is 32.2 Å². The number of hydrogen-bond donors (Lipinski definition) is 1. The number of piperidine rings is 1. The Hall–Kier alpha value is -1.33. The first-order chi connectivity index (χ1) is 12.1. The number of rotatable bonds is 6. The third kappa shape index (κ3) is 4.45. The van der Waals surface area contributed by atoms with E-state index in [-0.39, 0.29) is 16.6 Å². The van der Waals surface area contributed by atoms with Crippen molar-refractivity contribution in [3.63, 3.8) is 0 Å². The Morgan fingerprint density at radius 3 is 2.76 bits per heavy atom. The van der Waals surface area contributed by atoms with Gasteiger partial charge in [0.05, 0.1) is 5.56 Å². The average Bonchev–Trinajstić information content (AvgIpc) is 2.60. The smallest absolute Gasteiger partial charge is 0.336 e. The molecule has 1 aromatic carbocycles. The minimum Gasteiger partial charge on any atom is -0.478 e. The number of likely N-dealkylation sites (tertiary alicyclic amines) is 1. The summed E-state index contributed by atoms with van der Waals surface area (Å²) >= 11 is 1.61. The Bertz CT molecular complexity index is 624. The van der Waals surface area contributed by atoms with Gasteiger partial charge in [0.2, 0.25) is 0 Å². The van der Waals surface area contributed by atoms with Gasteiger partial charge in [-0.15, -0.1) is 11.8 Å². The van der Waals surface area contributed by atoms with Gasteiger partial charge >= 0.3 is 5.97 Å². The van der Waals surface area contributed by atoms with Crippen molar-refractivity contribution >= 4 is 23.5 Å². The van der Waals surface area contributed by atoms with Crippen LogP contribution in [0.1, 0.15) is 66.2 Å². The third-order valence-electron chi connectivity index (χ3n) is 5.37. The molecule has 2 aliphatic heterocycles. The number of carbonyl (C=O) groups excluding carboxylic acids is 1. The highest BCUT2D eigenvalue weighted by Gasteiger charge is 2.31. The van der Waals surface area contributed by atoms with E-state index in [4.69, 9.17) is 0 Å². The van der Waals surface area contributed by atoms with Crippen molar-refractivity contribution in [2.75, 3.05) is 19.6 Å². The second-order valence-electron chi connectivity index (χ2n) is 7.23. The highest BCUT2D eigenvalue weighted by Crippen LogP contribution is 2.41. The summed E-state index contributed by atoms with van der Waals surface area (Å²) in [7, 11) is 0. The van der Waals surface area contributed by atoms with Crippen LogP contribution in [0.4, 0.5) is 0 Å². The van der Waals surface area contributed by atoms with Gasteiger partial charge in [-0.3, -0.25) is 4.79 Å². The topological polar surface area (TPSA) is 57.6 Å². The summed E-state index contributed by atoms with van der Waals surface area (Å²) in [6, 6.07) is 5.04. The summed E-state index contributed by atoms with van der Waals surface area (Å²) in [5.41, 5.74) is 0.866. The van der Waals surface area contributed by atoms with Crippen LogP contribution in [0.25, 0.3) is 0 Å². The fraction of sp³-hybridized carbons (Fsp3) is 0.600. The van der Waals surface area contributed by atoms with Gasteiger partial charge in [-0.1, -0.05) is 25.5 Å². The van der Waals surface area contributed by atoms with E-state index < -0.39 is 5.97 Å². The second-order valence-corrected chi connectivity index (χ2v) is 8.54. The lowest BCUT2D eigenvalue weighted by atomic mass is 9.90. The molecular formula is C20H27NO3S. The lowest BCUT2D eigenvalue weighted by Crippen LogP contribution is -2.35. The average molecular weight is 362 g/mol. The molecule has 2 aliphatic rings. The zero-order valence-corrected chi connectivity index (χ0v) is 15.7. The number of fused-ring (bicyclic) bond motifs is 1. The molecule has 1 saturated heterocycles. The molecule has 0 saturated carbocycles. The van der Waals surface area contributed by atoms with E-state index in [2.05, 4.69) is 11.8 Å². The molecule has 1 N–H and O–H groups in total. The number of ketones is 1. The molecule has 136 valence electrons. The number of carboxylic acid groups (broad SMARTS) is 1. The number of aromatic carboxylic acids is 1. The molecule has 0 radical (unpaired) electrons. The summed E-state index contributed by atoms with van der Waals surface area (Å²) in [6.45, 7) is 5.75. The fourth-order valence-corrected chi connectivity index (χ4v) is 5.44. The van der Waals surface area contributed by atoms with Crippen LogP contribution in [0.5, 0.6) is 0 Å². The van der Waals surface area contributed by atoms with Crippen molar-refractivity contribution < 1.29 is 14.7 Å². The van der Waals surface area contributed by atoms with E-state index in [0.717, 1.165) is 19.5 Å². The highest BCUT2D eigenvalue weighted by molar-refractivity contribution is 8.00. The van der Waals surface area contributed by atoms with Crippen molar-refractivity contribution in [1.29, 1.82) is 0 Å². The highest BCUT2D eigenvalue weighted by atomic mass is 32.2. The van der Waals surface area contributed by atoms with E-state index in [1.54, 1.807) is 30.0 Å². The Labute approximate surface area is 154 Å². The molecular weight excluding hydrogens is 334 g/mol. The van der Waals surface area contributed by atoms with Gasteiger partial charge in [0, 0.05) is 22.1 Å². The first kappa shape index (κ1) is 18.5. The first-order valence-corrected chi connectivity index (χ1v) is 10.2. The molecule has 2 heterocycles. The largest absolute Gasteiger partial charge is 0.478 e. The van der Waals surface area contributed by atoms with Crippen LogP contribution >= 0.6 is 11.8 Å². The fourth-order valence-electron chi connectivity index (χ4n) is 3.91. The molecule has 1 unspecified atom stereocenters. The molecule has 1 aromatic rings. The molecule has 0 aromatic heterocycles. The van der Waals surface area contributed by atoms with Gasteiger partial charge in [-0.05, 0) is 57.3 Å². The van der Waals surface area contributed by atoms with Crippen LogP contribution in [-0.4, -0.2) is 46.6 Å². The van der Waals surface area contributed by atoms with E-state index in [9.17, 15) is 14.7 Å². The summed E-state index contributed by atoms with van der Waals surface area (Å²) in [5.74, 6) is -0.189. The lowest BCUT2D eigenvalue weighted by Gasteiger charge is -2.34. The third-order valence-corrected chi connectivity index (χ3v) is 6.74. The summed E-state index contributed by atoms with van der Waals surface area (Å²) in [5, 5.41) is 9.62. The Morgan fingerprint density at radius 1 is 1.32 bits per heavy atom. The van der Waals surface area contributed by atoms with Gasteiger partial charge in [-0.25, -0.2) is 4.79 Å². The number of carbonyl (C=O) groups is 2. The van der Waals surface area contributed by atoms with E-state index >= 15 is 0 Å². The molecule has 1 atom stereocenters. The predicted molar refractivity (Wildman–Crippen MR) is 101 cm³/mol. The summed E-state index contributed by atoms with van der Waals surface area (Å²) in [6.07, 6.45) is 6.46. The molecule has 0 spiro atoms. The molecule has 3 rings (SSSR count). The van der Waals surface area contributed by atoms with Gasteiger partial charge in [0.15, 0.2) is 5.78 Å². The van der Waals surface area contributed by atoms with Gasteiger partial charge < -0.3 is 10.0 Å². The number of thioether (sulfide) groups is 1. The minimum atomic E-state index is -0.943. The molecule has 0 amide bonds. The summed E-state index contributed by atoms with van der Waals surface area (Å²) in [4.78, 5) is 27.2. The number of benzene rings is 1. The standard InChI is InChI=1S/C20H27NO3S/c1-2-3-9-21-10-7-14(8-11-21)12-15-13-18(22)16-5-4-6-17(20(23)24)19(16)25-15/h4-6,14-15H,2-3,7-13H2,1H3,(H,23,24). The molecule has 0 bridgehead atoms. The van der Waals surface area contributed by atoms with Gasteiger partial charge in [0.1, 0.15) is 0 Å². The quantitative estimate of drug-likeness (QED) is 0.817. The first-order valence-electron chi connectivity index (χ1n) is 9.37. The zero-order valence-electron chi connectivity index (χ0n) is 14.9. The number of Topliss-reactive ketones (excluding diaryl/α,β-unsaturated/α-hetero) is 1. The second kappa shape index (κ2) is 8.37. The maximum Gasteiger partial charge on any atom is 0.336 e. The Balaban J connectivity index is 1.61. The van der Waals surface area contributed by atoms with Gasteiger partial charge in [-0.2, -0.15) is 0 Å². The maximum absolute atomic E-state index is 12.5. The van der Waals surface area contributed by atoms with Crippen molar-refractivity contribution in [3.8, 4) is 0 Å². The normalized spacial score (nSPS) is 22.0. The van der Waals surface area contributed by atoms with Crippen LogP contribution < -0.4 is 0 Å². The predicted octanol–water partition coefficient (Wildman–Crippen LogP) is 4.33. The lowest BCUT2D eigenvalue weighted by molar-refractivity contribution is 0.0693. The Kier molecular flexibility index (Phi) is 6.18. The van der Waals surface area contributed by atoms with Crippen LogP contribution in [0.3, 0.4) is 0 Å². The summed E-state index contributed by atoms with van der Waals surface area (Å²) < 4.78 is 0. The van der Waals surface area contributed by atoms with Crippen LogP contribution in [-0.2, 0) is 0 Å². The van der Waals surface area contributed by atoms with Crippen LogP contribution in [0.15, 0.2) is 23.1 Å². The van der Waals surface area contributed by atoms with Crippen molar-refractivity contribution in [2.24, 2.45) is 5.92 Å². The maximum atomic E-state index is 12.5. The van der Waals surface area contributed by atoms with Crippen molar-refractivity contribution in [3.05, 3.63) is 29.3 Å². The van der Waals surface area contributed by atoms with Crippen molar-refractivity contribution in [1.82, 2.24) is 4.90 Å². The van der Waals surface area contributed by atoms with Crippen molar-refractivity contribution in [2.45, 2.75) is 55.6 Å². The number of hydrogen-bond acceptors (Lipinski definition) is 4.